The fourth-order valence-electron chi connectivity index (χ4n) is 2.68. The molecule has 2 rings (SSSR count). The van der Waals surface area contributed by atoms with Gasteiger partial charge >= 0.3 is 0 Å². The van der Waals surface area contributed by atoms with Crippen LogP contribution in [0.15, 0.2) is 47.6 Å². The Morgan fingerprint density at radius 3 is 2.61 bits per heavy atom. The molecule has 28 heavy (non-hydrogen) atoms. The molecule has 0 saturated heterocycles. The van der Waals surface area contributed by atoms with Crippen molar-refractivity contribution in [2.75, 3.05) is 24.6 Å². The van der Waals surface area contributed by atoms with Gasteiger partial charge < -0.3 is 9.64 Å². The molecule has 1 amide bonds. The lowest BCUT2D eigenvalue weighted by Crippen LogP contribution is -2.25. The summed E-state index contributed by atoms with van der Waals surface area (Å²) in [5.41, 5.74) is 4.65. The normalized spacial score (nSPS) is 10.7. The number of non-ortho nitro benzene ring substituents is 1. The van der Waals surface area contributed by atoms with Crippen LogP contribution >= 0.6 is 0 Å². The number of carbonyl (C=O) groups excluding carboxylic acids is 1. The molecule has 0 unspecified atom stereocenters. The molecule has 0 aliphatic carbocycles. The molecule has 1 N–H and O–H groups in total. The third-order valence-electron chi connectivity index (χ3n) is 4.17. The third-order valence-corrected chi connectivity index (χ3v) is 4.17. The van der Waals surface area contributed by atoms with Gasteiger partial charge in [0.05, 0.1) is 11.1 Å². The van der Waals surface area contributed by atoms with Gasteiger partial charge in [-0.25, -0.2) is 5.43 Å². The van der Waals surface area contributed by atoms with Crippen LogP contribution in [0.5, 0.6) is 5.75 Å². The van der Waals surface area contributed by atoms with Crippen LogP contribution in [0.4, 0.5) is 11.4 Å². The van der Waals surface area contributed by atoms with E-state index in [4.69, 9.17) is 4.74 Å². The molecule has 0 spiro atoms. The molecule has 0 aromatic heterocycles. The van der Waals surface area contributed by atoms with E-state index in [1.807, 2.05) is 43.9 Å². The molecular formula is C20H24N4O4. The van der Waals surface area contributed by atoms with Gasteiger partial charge in [-0.15, -0.1) is 0 Å². The Bertz CT molecular complexity index is 863. The van der Waals surface area contributed by atoms with E-state index < -0.39 is 10.8 Å². The lowest BCUT2D eigenvalue weighted by atomic mass is 10.1. The molecule has 0 atom stereocenters. The van der Waals surface area contributed by atoms with Crippen LogP contribution in [-0.4, -0.2) is 36.7 Å². The first-order chi connectivity index (χ1) is 13.5. The van der Waals surface area contributed by atoms with Crippen LogP contribution in [0, 0.1) is 17.0 Å². The van der Waals surface area contributed by atoms with Gasteiger partial charge in [-0.1, -0.05) is 18.2 Å². The van der Waals surface area contributed by atoms with Gasteiger partial charge in [0, 0.05) is 36.5 Å². The minimum absolute atomic E-state index is 0.0356. The van der Waals surface area contributed by atoms with Gasteiger partial charge in [-0.2, -0.15) is 5.10 Å². The third kappa shape index (κ3) is 5.54. The molecule has 2 aromatic carbocycles. The first-order valence-electron chi connectivity index (χ1n) is 9.00. The van der Waals surface area contributed by atoms with E-state index in [0.29, 0.717) is 11.3 Å². The molecule has 0 fully saturated rings. The van der Waals surface area contributed by atoms with E-state index in [0.717, 1.165) is 24.3 Å². The summed E-state index contributed by atoms with van der Waals surface area (Å²) in [7, 11) is 0. The van der Waals surface area contributed by atoms with Gasteiger partial charge in [0.25, 0.3) is 11.6 Å². The van der Waals surface area contributed by atoms with Crippen molar-refractivity contribution in [3.8, 4) is 5.75 Å². The number of nitrogens with zero attached hydrogens (tertiary/aromatic N) is 3. The number of hydrogen-bond donors (Lipinski definition) is 1. The van der Waals surface area contributed by atoms with Gasteiger partial charge in [-0.05, 0) is 38.5 Å². The minimum Gasteiger partial charge on any atom is -0.483 e. The molecule has 0 bridgehead atoms. The highest BCUT2D eigenvalue weighted by molar-refractivity contribution is 5.90. The summed E-state index contributed by atoms with van der Waals surface area (Å²) in [6.07, 6.45) is 1.41. The molecular weight excluding hydrogens is 360 g/mol. The summed E-state index contributed by atoms with van der Waals surface area (Å²) >= 11 is 0. The van der Waals surface area contributed by atoms with Crippen LogP contribution in [0.25, 0.3) is 0 Å². The number of hydrogen-bond acceptors (Lipinski definition) is 6. The number of nitro benzene ring substituents is 1. The molecule has 8 heteroatoms. The van der Waals surface area contributed by atoms with Crippen molar-refractivity contribution in [1.29, 1.82) is 0 Å². The van der Waals surface area contributed by atoms with E-state index in [2.05, 4.69) is 10.5 Å². The zero-order chi connectivity index (χ0) is 20.5. The predicted octanol–water partition coefficient (Wildman–Crippen LogP) is 3.28. The molecule has 148 valence electrons. The first kappa shape index (κ1) is 20.9. The second-order valence-electron chi connectivity index (χ2n) is 6.02. The molecule has 8 nitrogen and oxygen atoms in total. The Labute approximate surface area is 164 Å². The van der Waals surface area contributed by atoms with Gasteiger partial charge in [0.1, 0.15) is 5.75 Å². The number of rotatable bonds is 9. The van der Waals surface area contributed by atoms with Crippen molar-refractivity contribution >= 4 is 23.5 Å². The maximum atomic E-state index is 12.0. The van der Waals surface area contributed by atoms with Crippen molar-refractivity contribution in [2.24, 2.45) is 5.10 Å². The summed E-state index contributed by atoms with van der Waals surface area (Å²) in [5, 5.41) is 15.0. The first-order valence-corrected chi connectivity index (χ1v) is 9.00. The van der Waals surface area contributed by atoms with Crippen molar-refractivity contribution in [1.82, 2.24) is 5.43 Å². The number of hydrazone groups is 1. The topological polar surface area (TPSA) is 97.1 Å². The van der Waals surface area contributed by atoms with Crippen molar-refractivity contribution < 1.29 is 14.5 Å². The number of carbonyl (C=O) groups is 1. The van der Waals surface area contributed by atoms with Crippen LogP contribution in [0.2, 0.25) is 0 Å². The molecule has 0 saturated carbocycles. The fourth-order valence-corrected chi connectivity index (χ4v) is 2.68. The quantitative estimate of drug-likeness (QED) is 0.406. The highest BCUT2D eigenvalue weighted by Crippen LogP contribution is 2.24. The number of nitrogens with one attached hydrogen (secondary N) is 1. The SMILES string of the molecule is CCN(CC)c1ccc([N+](=O)[O-])cc1/C=N\NC(=O)COc1ccccc1C. The van der Waals surface area contributed by atoms with Crippen molar-refractivity contribution in [3.63, 3.8) is 0 Å². The smallest absolute Gasteiger partial charge is 0.277 e. The number of para-hydroxylation sites is 1. The monoisotopic (exact) mass is 384 g/mol. The Morgan fingerprint density at radius 2 is 1.96 bits per heavy atom. The number of anilines is 1. The van der Waals surface area contributed by atoms with Crippen LogP contribution in [0.1, 0.15) is 25.0 Å². The van der Waals surface area contributed by atoms with Crippen molar-refractivity contribution in [2.45, 2.75) is 20.8 Å². The van der Waals surface area contributed by atoms with Gasteiger partial charge in [-0.3, -0.25) is 14.9 Å². The molecule has 0 radical (unpaired) electrons. The van der Waals surface area contributed by atoms with Crippen molar-refractivity contribution in [3.05, 3.63) is 63.7 Å². The van der Waals surface area contributed by atoms with Gasteiger partial charge in [0.2, 0.25) is 0 Å². The summed E-state index contributed by atoms with van der Waals surface area (Å²) < 4.78 is 5.47. The van der Waals surface area contributed by atoms with Crippen LogP contribution < -0.4 is 15.1 Å². The maximum absolute atomic E-state index is 12.0. The average molecular weight is 384 g/mol. The number of aryl methyl sites for hydroxylation is 1. The minimum atomic E-state index is -0.460. The Hall–Kier alpha value is -3.42. The number of nitro groups is 1. The summed E-state index contributed by atoms with van der Waals surface area (Å²) in [6, 6.07) is 12.0. The Balaban J connectivity index is 2.07. The lowest BCUT2D eigenvalue weighted by molar-refractivity contribution is -0.384. The van der Waals surface area contributed by atoms with E-state index in [1.165, 1.54) is 18.3 Å². The van der Waals surface area contributed by atoms with Crippen LogP contribution in [-0.2, 0) is 4.79 Å². The molecule has 2 aromatic rings. The highest BCUT2D eigenvalue weighted by atomic mass is 16.6. The number of benzene rings is 2. The molecule has 0 aliphatic heterocycles. The fraction of sp³-hybridized carbons (Fsp3) is 0.300. The second kappa shape index (κ2) is 10.1. The van der Waals surface area contributed by atoms with E-state index in [1.54, 1.807) is 12.1 Å². The standard InChI is InChI=1S/C20H24N4O4/c1-4-23(5-2)18-11-10-17(24(26)27)12-16(18)13-21-22-20(25)14-28-19-9-7-6-8-15(19)3/h6-13H,4-5,14H2,1-3H3,(H,22,25)/b21-13-. The lowest BCUT2D eigenvalue weighted by Gasteiger charge is -2.22. The molecule has 0 aliphatic rings. The van der Waals surface area contributed by atoms with E-state index in [-0.39, 0.29) is 12.3 Å². The maximum Gasteiger partial charge on any atom is 0.277 e. The second-order valence-corrected chi connectivity index (χ2v) is 6.02. The number of amides is 1. The largest absolute Gasteiger partial charge is 0.483 e. The summed E-state index contributed by atoms with van der Waals surface area (Å²) in [5.74, 6) is 0.207. The Kier molecular flexibility index (Phi) is 7.50. The zero-order valence-electron chi connectivity index (χ0n) is 16.2. The summed E-state index contributed by atoms with van der Waals surface area (Å²) in [4.78, 5) is 24.6. The van der Waals surface area contributed by atoms with E-state index in [9.17, 15) is 14.9 Å². The molecule has 0 heterocycles. The van der Waals surface area contributed by atoms with Gasteiger partial charge in [0.15, 0.2) is 6.61 Å². The highest BCUT2D eigenvalue weighted by Gasteiger charge is 2.13. The average Bonchev–Trinajstić information content (AvgIpc) is 2.69. The van der Waals surface area contributed by atoms with E-state index >= 15 is 0 Å². The summed E-state index contributed by atoms with van der Waals surface area (Å²) in [6.45, 7) is 7.19. The van der Waals surface area contributed by atoms with Crippen LogP contribution in [0.3, 0.4) is 0 Å². The Morgan fingerprint density at radius 1 is 1.25 bits per heavy atom. The predicted molar refractivity (Wildman–Crippen MR) is 109 cm³/mol. The zero-order valence-corrected chi connectivity index (χ0v) is 16.2. The number of ether oxygens (including phenoxy) is 1.